The van der Waals surface area contributed by atoms with Crippen LogP contribution in [0.3, 0.4) is 0 Å². The summed E-state index contributed by atoms with van der Waals surface area (Å²) in [5.74, 6) is -10.8. The molecule has 16 nitrogen and oxygen atoms in total. The van der Waals surface area contributed by atoms with Gasteiger partial charge in [-0.15, -0.1) is 0 Å². The van der Waals surface area contributed by atoms with Gasteiger partial charge in [-0.3, -0.25) is 4.79 Å². The van der Waals surface area contributed by atoms with E-state index in [9.17, 15) is 65.1 Å². The Morgan fingerprint density at radius 3 is 1.65 bits per heavy atom. The van der Waals surface area contributed by atoms with E-state index < -0.39 is 94.8 Å². The van der Waals surface area contributed by atoms with Gasteiger partial charge in [0.05, 0.1) is 0 Å². The van der Waals surface area contributed by atoms with Crippen molar-refractivity contribution in [2.24, 2.45) is 0 Å². The second-order valence-corrected chi connectivity index (χ2v) is 11.6. The molecule has 0 aliphatic carbocycles. The van der Waals surface area contributed by atoms with Crippen LogP contribution in [0.2, 0.25) is 0 Å². The van der Waals surface area contributed by atoms with Gasteiger partial charge < -0.3 is 60.2 Å². The van der Waals surface area contributed by atoms with Crippen molar-refractivity contribution in [3.05, 3.63) is 101 Å². The van der Waals surface area contributed by atoms with Gasteiger partial charge in [0.25, 0.3) is 0 Å². The molecule has 5 rings (SSSR count). The highest BCUT2D eigenvalue weighted by Gasteiger charge is 2.46. The van der Waals surface area contributed by atoms with Crippen LogP contribution in [0, 0.1) is 0 Å². The van der Waals surface area contributed by atoms with E-state index in [1.165, 1.54) is 24.3 Å². The normalized spacial score (nSPS) is 16.0. The third-order valence-corrected chi connectivity index (χ3v) is 8.04. The number of aliphatic carboxylic acids is 2. The summed E-state index contributed by atoms with van der Waals surface area (Å²) in [5.41, 5.74) is 0.445. The molecule has 0 spiro atoms. The molecule has 1 aliphatic heterocycles. The Bertz CT molecular complexity index is 2090. The zero-order valence-electron chi connectivity index (χ0n) is 26.6. The maximum absolute atomic E-state index is 13.9. The molecule has 0 fully saturated rings. The van der Waals surface area contributed by atoms with Gasteiger partial charge in [0, 0.05) is 24.5 Å². The number of benzene rings is 4. The molecular weight excluding hydrogens is 688 g/mol. The quantitative estimate of drug-likeness (QED) is 0.0577. The minimum Gasteiger partial charge on any atom is -0.504 e. The van der Waals surface area contributed by atoms with E-state index in [-0.39, 0.29) is 40.0 Å². The average Bonchev–Trinajstić information content (AvgIpc) is 3.50. The van der Waals surface area contributed by atoms with Crippen molar-refractivity contribution in [3.63, 3.8) is 0 Å². The highest BCUT2D eigenvalue weighted by atomic mass is 16.6. The molecule has 0 aromatic heterocycles. The monoisotopic (exact) mass is 718 g/mol. The van der Waals surface area contributed by atoms with E-state index in [4.69, 9.17) is 14.2 Å². The lowest BCUT2D eigenvalue weighted by atomic mass is 9.87. The van der Waals surface area contributed by atoms with Crippen molar-refractivity contribution in [1.82, 2.24) is 0 Å². The van der Waals surface area contributed by atoms with Crippen LogP contribution in [0.1, 0.15) is 39.8 Å². The number of hydrogen-bond donors (Lipinski definition) is 9. The van der Waals surface area contributed by atoms with Crippen LogP contribution in [0.4, 0.5) is 0 Å². The number of phenolic OH excluding ortho intramolecular Hbond substituents is 7. The van der Waals surface area contributed by atoms with Crippen LogP contribution in [0.15, 0.2) is 72.8 Å². The lowest BCUT2D eigenvalue weighted by Gasteiger charge is -2.22. The van der Waals surface area contributed by atoms with Gasteiger partial charge in [-0.25, -0.2) is 14.4 Å². The number of carboxylic acids is 2. The number of carbonyl (C=O) groups is 4. The Morgan fingerprint density at radius 1 is 0.635 bits per heavy atom. The fourth-order valence-electron chi connectivity index (χ4n) is 5.49. The second kappa shape index (κ2) is 14.8. The average molecular weight is 719 g/mol. The fourth-order valence-corrected chi connectivity index (χ4v) is 5.49. The van der Waals surface area contributed by atoms with E-state index >= 15 is 0 Å². The molecule has 52 heavy (non-hydrogen) atoms. The number of aromatic hydroxyl groups is 7. The maximum Gasteiger partial charge on any atom is 0.345 e. The number of fused-ring (bicyclic) bond motifs is 1. The van der Waals surface area contributed by atoms with Crippen molar-refractivity contribution >= 4 is 30.0 Å². The minimum atomic E-state index is -1.84. The van der Waals surface area contributed by atoms with Gasteiger partial charge in [-0.1, -0.05) is 24.3 Å². The number of phenols is 7. The number of rotatable bonds is 12. The van der Waals surface area contributed by atoms with Crippen LogP contribution in [-0.2, 0) is 41.5 Å². The van der Waals surface area contributed by atoms with E-state index in [2.05, 4.69) is 0 Å². The lowest BCUT2D eigenvalue weighted by Crippen LogP contribution is -2.33. The number of hydrogen-bond acceptors (Lipinski definition) is 14. The summed E-state index contributed by atoms with van der Waals surface area (Å²) in [6.45, 7) is 0. The summed E-state index contributed by atoms with van der Waals surface area (Å²) in [5, 5.41) is 89.1. The van der Waals surface area contributed by atoms with Crippen molar-refractivity contribution in [3.8, 4) is 46.0 Å². The molecule has 1 heterocycles. The van der Waals surface area contributed by atoms with E-state index in [0.717, 1.165) is 54.6 Å². The van der Waals surface area contributed by atoms with E-state index in [1.54, 1.807) is 0 Å². The van der Waals surface area contributed by atoms with Gasteiger partial charge >= 0.3 is 23.9 Å². The van der Waals surface area contributed by atoms with Crippen LogP contribution >= 0.6 is 0 Å². The third-order valence-electron chi connectivity index (χ3n) is 8.04. The Morgan fingerprint density at radius 2 is 1.13 bits per heavy atom. The molecule has 0 bridgehead atoms. The first kappa shape index (κ1) is 36.2. The highest BCUT2D eigenvalue weighted by Crippen LogP contribution is 2.53. The summed E-state index contributed by atoms with van der Waals surface area (Å²) < 4.78 is 16.5. The summed E-state index contributed by atoms with van der Waals surface area (Å²) >= 11 is 0. The molecule has 4 atom stereocenters. The molecule has 0 saturated heterocycles. The number of carboxylic acid groups (broad SMARTS) is 2. The molecule has 0 saturated carbocycles. The van der Waals surface area contributed by atoms with Crippen LogP contribution in [0.25, 0.3) is 6.08 Å². The van der Waals surface area contributed by atoms with Gasteiger partial charge in [-0.05, 0) is 70.8 Å². The van der Waals surface area contributed by atoms with Crippen molar-refractivity contribution < 1.29 is 79.3 Å². The standard InChI is InChI=1S/C36H30O16/c37-20-6-1-16(11-24(20)41)13-27(34(45)46)50-29(44)10-5-18-3-9-23(40)33-30(18)31(32(52-33)19-4-8-22(39)26(43)15-19)36(49)51-28(35(47)48)14-17-2-7-21(38)25(42)12-17/h1-12,15,27-28,31-32,37-43H,13-14H2,(H,45,46)(H,47,48)/b10-5+/t27-,28-,31-,32+/m0/s1. The Kier molecular flexibility index (Phi) is 10.3. The molecule has 9 N–H and O–H groups in total. The molecule has 16 heteroatoms. The maximum atomic E-state index is 13.9. The molecule has 0 amide bonds. The van der Waals surface area contributed by atoms with Crippen LogP contribution in [-0.4, -0.2) is 82.0 Å². The number of esters is 2. The number of carbonyl (C=O) groups excluding carboxylic acids is 2. The first-order valence-corrected chi connectivity index (χ1v) is 15.2. The zero-order valence-corrected chi connectivity index (χ0v) is 26.6. The summed E-state index contributed by atoms with van der Waals surface area (Å²) in [6.07, 6.45) is -3.85. The molecule has 0 radical (unpaired) electrons. The molecule has 4 aromatic carbocycles. The zero-order chi connectivity index (χ0) is 37.9. The Hall–Kier alpha value is -7.10. The van der Waals surface area contributed by atoms with E-state index in [1.807, 2.05) is 0 Å². The predicted octanol–water partition coefficient (Wildman–Crippen LogP) is 3.33. The lowest BCUT2D eigenvalue weighted by molar-refractivity contribution is -0.166. The fraction of sp³-hybridized carbons (Fsp3) is 0.167. The summed E-state index contributed by atoms with van der Waals surface area (Å²) in [4.78, 5) is 50.9. The third kappa shape index (κ3) is 7.86. The largest absolute Gasteiger partial charge is 0.504 e. The minimum absolute atomic E-state index is 0.0443. The van der Waals surface area contributed by atoms with Gasteiger partial charge in [0.15, 0.2) is 46.0 Å². The van der Waals surface area contributed by atoms with Crippen molar-refractivity contribution in [2.45, 2.75) is 37.1 Å². The van der Waals surface area contributed by atoms with Crippen LogP contribution < -0.4 is 4.74 Å². The molecule has 270 valence electrons. The second-order valence-electron chi connectivity index (χ2n) is 11.6. The molecule has 4 aromatic rings. The summed E-state index contributed by atoms with van der Waals surface area (Å²) in [7, 11) is 0. The molecular formula is C36H30O16. The van der Waals surface area contributed by atoms with Crippen LogP contribution in [0.5, 0.6) is 46.0 Å². The summed E-state index contributed by atoms with van der Waals surface area (Å²) in [6, 6.07) is 13.0. The highest BCUT2D eigenvalue weighted by molar-refractivity contribution is 5.92. The predicted molar refractivity (Wildman–Crippen MR) is 175 cm³/mol. The topological polar surface area (TPSA) is 278 Å². The van der Waals surface area contributed by atoms with Gasteiger partial charge in [0.1, 0.15) is 12.0 Å². The first-order valence-electron chi connectivity index (χ1n) is 15.2. The molecule has 1 aliphatic rings. The molecule has 0 unspecified atom stereocenters. The van der Waals surface area contributed by atoms with Gasteiger partial charge in [-0.2, -0.15) is 0 Å². The Labute approximate surface area is 292 Å². The van der Waals surface area contributed by atoms with Crippen molar-refractivity contribution in [1.29, 1.82) is 0 Å². The SMILES string of the molecule is O=C(/C=C/c1ccc(O)c2c1[C@H](C(=O)O[C@@H](Cc1ccc(O)c(O)c1)C(=O)O)[C@@H](c1ccc(O)c(O)c1)O2)O[C@@H](Cc1ccc(O)c(O)c1)C(=O)O. The Balaban J connectivity index is 1.47. The first-order chi connectivity index (χ1) is 24.6. The smallest absolute Gasteiger partial charge is 0.345 e. The number of ether oxygens (including phenoxy) is 3. The van der Waals surface area contributed by atoms with Crippen molar-refractivity contribution in [2.75, 3.05) is 0 Å². The van der Waals surface area contributed by atoms with Gasteiger partial charge in [0.2, 0.25) is 12.2 Å². The van der Waals surface area contributed by atoms with E-state index in [0.29, 0.717) is 0 Å².